The molecule has 1 N–H and O–H groups in total. The van der Waals surface area contributed by atoms with Gasteiger partial charge in [-0.25, -0.2) is 0 Å². The monoisotopic (exact) mass is 231 g/mol. The molecule has 0 aliphatic carbocycles. The maximum absolute atomic E-state index is 11.2. The van der Waals surface area contributed by atoms with Crippen molar-refractivity contribution in [1.82, 2.24) is 4.90 Å². The third kappa shape index (κ3) is 8.40. The number of rotatable bonds is 10. The molecular weight excluding hydrogens is 210 g/mol. The van der Waals surface area contributed by atoms with Crippen molar-refractivity contribution in [2.75, 3.05) is 46.1 Å². The number of ether oxygens (including phenoxy) is 2. The minimum absolute atomic E-state index is 0.0132. The predicted octanol–water partition coefficient (Wildman–Crippen LogP) is 0.0464. The smallest absolute Gasteiger partial charge is 0.320 e. The summed E-state index contributed by atoms with van der Waals surface area (Å²) in [5.41, 5.74) is 0. The van der Waals surface area contributed by atoms with Gasteiger partial charge in [-0.05, 0) is 6.92 Å². The van der Waals surface area contributed by atoms with Crippen molar-refractivity contribution in [2.45, 2.75) is 6.92 Å². The molecule has 5 nitrogen and oxygen atoms in total. The Hall–Kier alpha value is -0.910. The lowest BCUT2D eigenvalue weighted by Gasteiger charge is -2.19. The van der Waals surface area contributed by atoms with Crippen LogP contribution < -0.4 is 0 Å². The van der Waals surface area contributed by atoms with Gasteiger partial charge in [0.25, 0.3) is 0 Å². The molecule has 0 radical (unpaired) electrons. The third-order valence-corrected chi connectivity index (χ3v) is 1.83. The van der Waals surface area contributed by atoms with Crippen molar-refractivity contribution < 1.29 is 19.4 Å². The van der Waals surface area contributed by atoms with E-state index in [4.69, 9.17) is 14.6 Å². The Labute approximate surface area is 96.6 Å². The summed E-state index contributed by atoms with van der Waals surface area (Å²) in [6.07, 6.45) is 1.73. The summed E-state index contributed by atoms with van der Waals surface area (Å²) >= 11 is 0. The maximum Gasteiger partial charge on any atom is 0.320 e. The summed E-state index contributed by atoms with van der Waals surface area (Å²) in [6.45, 7) is 8.07. The molecule has 0 aliphatic rings. The fourth-order valence-corrected chi connectivity index (χ4v) is 1.17. The van der Waals surface area contributed by atoms with Gasteiger partial charge in [-0.15, -0.1) is 6.58 Å². The van der Waals surface area contributed by atoms with E-state index in [-0.39, 0.29) is 19.1 Å². The lowest BCUT2D eigenvalue weighted by atomic mass is 10.4. The van der Waals surface area contributed by atoms with Gasteiger partial charge in [-0.3, -0.25) is 9.69 Å². The van der Waals surface area contributed by atoms with Crippen LogP contribution in [0, 0.1) is 0 Å². The van der Waals surface area contributed by atoms with Gasteiger partial charge in [0.15, 0.2) is 0 Å². The minimum Gasteiger partial charge on any atom is -0.465 e. The summed E-state index contributed by atoms with van der Waals surface area (Å²) in [7, 11) is 0. The quantitative estimate of drug-likeness (QED) is 0.327. The fraction of sp³-hybridized carbons (Fsp3) is 0.727. The molecule has 0 rings (SSSR count). The molecular formula is C11H21NO4. The molecule has 0 bridgehead atoms. The molecule has 0 aromatic heterocycles. The molecule has 0 fully saturated rings. The Bertz CT molecular complexity index is 196. The average Bonchev–Trinajstić information content (AvgIpc) is 2.25. The van der Waals surface area contributed by atoms with E-state index in [1.807, 2.05) is 4.90 Å². The highest BCUT2D eigenvalue weighted by Gasteiger charge is 2.09. The van der Waals surface area contributed by atoms with Crippen LogP contribution in [-0.4, -0.2) is 62.0 Å². The average molecular weight is 231 g/mol. The topological polar surface area (TPSA) is 59.0 Å². The van der Waals surface area contributed by atoms with Crippen LogP contribution in [0.4, 0.5) is 0 Å². The number of aliphatic hydroxyl groups excluding tert-OH is 1. The second kappa shape index (κ2) is 10.6. The molecule has 16 heavy (non-hydrogen) atoms. The Morgan fingerprint density at radius 2 is 2.25 bits per heavy atom. The zero-order valence-corrected chi connectivity index (χ0v) is 9.85. The van der Waals surface area contributed by atoms with E-state index in [1.54, 1.807) is 13.0 Å². The lowest BCUT2D eigenvalue weighted by Crippen LogP contribution is -2.34. The summed E-state index contributed by atoms with van der Waals surface area (Å²) in [5.74, 6) is -0.244. The van der Waals surface area contributed by atoms with Gasteiger partial charge in [0.1, 0.15) is 0 Å². The van der Waals surface area contributed by atoms with Crippen molar-refractivity contribution in [2.24, 2.45) is 0 Å². The minimum atomic E-state index is -0.244. The van der Waals surface area contributed by atoms with Crippen LogP contribution >= 0.6 is 0 Å². The van der Waals surface area contributed by atoms with Gasteiger partial charge in [0.05, 0.1) is 33.0 Å². The fourth-order valence-electron chi connectivity index (χ4n) is 1.17. The van der Waals surface area contributed by atoms with Crippen molar-refractivity contribution in [1.29, 1.82) is 0 Å². The Morgan fingerprint density at radius 3 is 2.81 bits per heavy atom. The van der Waals surface area contributed by atoms with Gasteiger partial charge in [0, 0.05) is 13.1 Å². The van der Waals surface area contributed by atoms with Gasteiger partial charge in [-0.2, -0.15) is 0 Å². The Kier molecular flexibility index (Phi) is 10.00. The third-order valence-electron chi connectivity index (χ3n) is 1.83. The molecule has 0 unspecified atom stereocenters. The summed E-state index contributed by atoms with van der Waals surface area (Å²) in [6, 6.07) is 0. The normalized spacial score (nSPS) is 10.4. The highest BCUT2D eigenvalue weighted by molar-refractivity contribution is 5.71. The molecule has 0 spiro atoms. The van der Waals surface area contributed by atoms with Crippen molar-refractivity contribution in [3.05, 3.63) is 12.7 Å². The molecule has 94 valence electrons. The van der Waals surface area contributed by atoms with Crippen molar-refractivity contribution in [3.8, 4) is 0 Å². The van der Waals surface area contributed by atoms with Crippen LogP contribution in [0.2, 0.25) is 0 Å². The Morgan fingerprint density at radius 1 is 1.50 bits per heavy atom. The maximum atomic E-state index is 11.2. The second-order valence-electron chi connectivity index (χ2n) is 3.16. The highest BCUT2D eigenvalue weighted by atomic mass is 16.5. The van der Waals surface area contributed by atoms with Crippen LogP contribution in [0.5, 0.6) is 0 Å². The second-order valence-corrected chi connectivity index (χ2v) is 3.16. The molecule has 0 saturated carbocycles. The van der Waals surface area contributed by atoms with E-state index in [2.05, 4.69) is 6.58 Å². The Balaban J connectivity index is 3.77. The number of nitrogens with zero attached hydrogens (tertiary/aromatic N) is 1. The van der Waals surface area contributed by atoms with Crippen molar-refractivity contribution in [3.63, 3.8) is 0 Å². The predicted molar refractivity (Wildman–Crippen MR) is 61.2 cm³/mol. The van der Waals surface area contributed by atoms with Crippen LogP contribution in [0.25, 0.3) is 0 Å². The number of aliphatic hydroxyl groups is 1. The van der Waals surface area contributed by atoms with E-state index in [0.717, 1.165) is 0 Å². The number of esters is 1. The molecule has 0 aromatic carbocycles. The van der Waals surface area contributed by atoms with Gasteiger partial charge in [-0.1, -0.05) is 6.08 Å². The number of carbonyl (C=O) groups is 1. The molecule has 0 amide bonds. The SMILES string of the molecule is C=CCN(CCOCCO)CC(=O)OCC. The van der Waals surface area contributed by atoms with E-state index < -0.39 is 0 Å². The number of carbonyl (C=O) groups excluding carboxylic acids is 1. The molecule has 0 atom stereocenters. The standard InChI is InChI=1S/C11H21NO4/c1-3-5-12(6-8-15-9-7-13)10-11(14)16-4-2/h3,13H,1,4-10H2,2H3. The summed E-state index contributed by atoms with van der Waals surface area (Å²) in [4.78, 5) is 13.1. The first kappa shape index (κ1) is 15.1. The zero-order chi connectivity index (χ0) is 12.2. The van der Waals surface area contributed by atoms with Crippen LogP contribution in [0.15, 0.2) is 12.7 Å². The first-order chi connectivity index (χ1) is 7.74. The molecule has 0 aliphatic heterocycles. The van der Waals surface area contributed by atoms with Gasteiger partial charge in [0.2, 0.25) is 0 Å². The van der Waals surface area contributed by atoms with Crippen LogP contribution in [-0.2, 0) is 14.3 Å². The van der Waals surface area contributed by atoms with Crippen LogP contribution in [0.1, 0.15) is 6.92 Å². The van der Waals surface area contributed by atoms with E-state index >= 15 is 0 Å². The van der Waals surface area contributed by atoms with E-state index in [1.165, 1.54) is 0 Å². The first-order valence-corrected chi connectivity index (χ1v) is 5.42. The highest BCUT2D eigenvalue weighted by Crippen LogP contribution is 1.91. The van der Waals surface area contributed by atoms with E-state index in [0.29, 0.717) is 32.9 Å². The molecule has 0 aromatic rings. The van der Waals surface area contributed by atoms with Crippen molar-refractivity contribution >= 4 is 5.97 Å². The summed E-state index contributed by atoms with van der Waals surface area (Å²) < 4.78 is 9.97. The summed E-state index contributed by atoms with van der Waals surface area (Å²) in [5, 5.41) is 8.52. The first-order valence-electron chi connectivity index (χ1n) is 5.42. The van der Waals surface area contributed by atoms with Gasteiger partial charge >= 0.3 is 5.97 Å². The van der Waals surface area contributed by atoms with Crippen LogP contribution in [0.3, 0.4) is 0 Å². The van der Waals surface area contributed by atoms with E-state index in [9.17, 15) is 4.79 Å². The lowest BCUT2D eigenvalue weighted by molar-refractivity contribution is -0.144. The zero-order valence-electron chi connectivity index (χ0n) is 9.85. The largest absolute Gasteiger partial charge is 0.465 e. The molecule has 0 saturated heterocycles. The molecule has 0 heterocycles. The number of hydrogen-bond acceptors (Lipinski definition) is 5. The molecule has 5 heteroatoms. The number of hydrogen-bond donors (Lipinski definition) is 1. The van der Waals surface area contributed by atoms with Gasteiger partial charge < -0.3 is 14.6 Å².